The Labute approximate surface area is 201 Å². The molecule has 10 heteroatoms. The number of pyridine rings is 1. The molecule has 2 rings (SSSR count). The zero-order valence-corrected chi connectivity index (χ0v) is 21.1. The number of nitrogens with zero attached hydrogens (tertiary/aromatic N) is 1. The van der Waals surface area contributed by atoms with Crippen molar-refractivity contribution in [2.45, 2.75) is 77.9 Å². The molecule has 10 nitrogen and oxygen atoms in total. The Balaban J connectivity index is 2.22. The second-order valence-corrected chi connectivity index (χ2v) is 9.38. The maximum atomic E-state index is 12.9. The van der Waals surface area contributed by atoms with Gasteiger partial charge in [0.05, 0.1) is 25.9 Å². The Bertz CT molecular complexity index is 829. The van der Waals surface area contributed by atoms with Gasteiger partial charge in [-0.15, -0.1) is 0 Å². The molecule has 2 N–H and O–H groups in total. The molecule has 2 heterocycles. The summed E-state index contributed by atoms with van der Waals surface area (Å²) in [4.78, 5) is 29.6. The van der Waals surface area contributed by atoms with Gasteiger partial charge in [-0.2, -0.15) is 0 Å². The van der Waals surface area contributed by atoms with Crippen LogP contribution in [0.15, 0.2) is 12.3 Å². The molecule has 1 aliphatic rings. The molecule has 4 atom stereocenters. The van der Waals surface area contributed by atoms with E-state index < -0.39 is 47.6 Å². The van der Waals surface area contributed by atoms with Gasteiger partial charge < -0.3 is 34.1 Å². The van der Waals surface area contributed by atoms with E-state index in [-0.39, 0.29) is 30.6 Å². The number of nitrogens with one attached hydrogen (secondary N) is 1. The van der Waals surface area contributed by atoms with E-state index >= 15 is 0 Å². The van der Waals surface area contributed by atoms with Gasteiger partial charge in [-0.05, 0) is 33.1 Å². The number of amides is 1. The Morgan fingerprint density at radius 3 is 2.68 bits per heavy atom. The highest BCUT2D eigenvalue weighted by atomic mass is 16.6. The lowest BCUT2D eigenvalue weighted by atomic mass is 10.0. The molecule has 0 radical (unpaired) electrons. The fourth-order valence-corrected chi connectivity index (χ4v) is 3.33. The van der Waals surface area contributed by atoms with Crippen molar-refractivity contribution in [1.29, 1.82) is 0 Å². The van der Waals surface area contributed by atoms with Crippen molar-refractivity contribution in [2.75, 3.05) is 26.9 Å². The van der Waals surface area contributed by atoms with Crippen LogP contribution in [0.5, 0.6) is 11.5 Å². The van der Waals surface area contributed by atoms with Gasteiger partial charge in [0.15, 0.2) is 23.2 Å². The highest BCUT2D eigenvalue weighted by Gasteiger charge is 2.38. The molecule has 1 aromatic rings. The summed E-state index contributed by atoms with van der Waals surface area (Å²) < 4.78 is 28.9. The molecule has 1 fully saturated rings. The quantitative estimate of drug-likeness (QED) is 0.511. The third-order valence-electron chi connectivity index (χ3n) is 5.55. The molecule has 1 aromatic heterocycles. The largest absolute Gasteiger partial charge is 0.503 e. The average Bonchev–Trinajstić information content (AvgIpc) is 2.81. The number of carbonyl (C=O) groups is 2. The van der Waals surface area contributed by atoms with E-state index in [0.717, 1.165) is 6.42 Å². The monoisotopic (exact) mass is 482 g/mol. The third kappa shape index (κ3) is 7.54. The molecule has 0 bridgehead atoms. The van der Waals surface area contributed by atoms with E-state index in [1.807, 2.05) is 34.6 Å². The number of carbonyl (C=O) groups excluding carboxylic acids is 2. The number of ether oxygens (including phenoxy) is 5. The van der Waals surface area contributed by atoms with Crippen LogP contribution < -0.4 is 10.1 Å². The van der Waals surface area contributed by atoms with Crippen LogP contribution in [0.2, 0.25) is 0 Å². The van der Waals surface area contributed by atoms with Crippen molar-refractivity contribution < 1.29 is 38.4 Å². The SMILES string of the molecule is CCC(C)(C)O[C@H]1COC[C@H](NC(=O)c2nccc(OC)c2O)C(=O)O[C@@H](C)[C@@H]1OCC(C)C. The van der Waals surface area contributed by atoms with Gasteiger partial charge >= 0.3 is 5.97 Å². The van der Waals surface area contributed by atoms with E-state index in [1.54, 1.807) is 6.92 Å². The van der Waals surface area contributed by atoms with E-state index in [2.05, 4.69) is 10.3 Å². The second-order valence-electron chi connectivity index (χ2n) is 9.38. The summed E-state index contributed by atoms with van der Waals surface area (Å²) in [6, 6.07) is 0.298. The summed E-state index contributed by atoms with van der Waals surface area (Å²) in [6.07, 6.45) is 0.380. The van der Waals surface area contributed by atoms with Gasteiger partial charge in [-0.1, -0.05) is 20.8 Å². The fraction of sp³-hybridized carbons (Fsp3) is 0.708. The minimum absolute atomic E-state index is 0.0886. The normalized spacial score (nSPS) is 24.1. The van der Waals surface area contributed by atoms with Crippen LogP contribution in [-0.4, -0.2) is 78.9 Å². The predicted octanol–water partition coefficient (Wildman–Crippen LogP) is 2.47. The Hall–Kier alpha value is -2.43. The maximum absolute atomic E-state index is 12.9. The van der Waals surface area contributed by atoms with E-state index in [4.69, 9.17) is 23.7 Å². The first-order valence-corrected chi connectivity index (χ1v) is 11.6. The fourth-order valence-electron chi connectivity index (χ4n) is 3.33. The topological polar surface area (TPSA) is 125 Å². The van der Waals surface area contributed by atoms with Gasteiger partial charge in [-0.25, -0.2) is 9.78 Å². The van der Waals surface area contributed by atoms with Crippen molar-refractivity contribution in [1.82, 2.24) is 10.3 Å². The minimum Gasteiger partial charge on any atom is -0.503 e. The first kappa shape index (κ1) is 27.8. The van der Waals surface area contributed by atoms with Crippen molar-refractivity contribution in [3.8, 4) is 11.5 Å². The molecule has 0 aromatic carbocycles. The summed E-state index contributed by atoms with van der Waals surface area (Å²) in [6.45, 7) is 12.2. The first-order chi connectivity index (χ1) is 16.0. The van der Waals surface area contributed by atoms with Gasteiger partial charge in [0.25, 0.3) is 5.91 Å². The van der Waals surface area contributed by atoms with Crippen LogP contribution in [0, 0.1) is 5.92 Å². The summed E-state index contributed by atoms with van der Waals surface area (Å²) >= 11 is 0. The van der Waals surface area contributed by atoms with Crippen LogP contribution in [0.3, 0.4) is 0 Å². The number of esters is 1. The molecule has 0 saturated carbocycles. The summed E-state index contributed by atoms with van der Waals surface area (Å²) in [7, 11) is 1.36. The Kier molecular flexibility index (Phi) is 10.1. The van der Waals surface area contributed by atoms with Crippen LogP contribution in [0.25, 0.3) is 0 Å². The lowest BCUT2D eigenvalue weighted by Gasteiger charge is -2.36. The second kappa shape index (κ2) is 12.3. The highest BCUT2D eigenvalue weighted by Crippen LogP contribution is 2.28. The molecule has 1 saturated heterocycles. The number of methoxy groups -OCH3 is 1. The molecular weight excluding hydrogens is 444 g/mol. The zero-order valence-electron chi connectivity index (χ0n) is 21.1. The number of aromatic nitrogens is 1. The number of cyclic esters (lactones) is 1. The zero-order chi connectivity index (χ0) is 25.5. The van der Waals surface area contributed by atoms with Gasteiger partial charge in [0.2, 0.25) is 0 Å². The molecular formula is C24H38N2O8. The molecule has 0 spiro atoms. The summed E-state index contributed by atoms with van der Waals surface area (Å²) in [5.41, 5.74) is -0.710. The Morgan fingerprint density at radius 2 is 2.06 bits per heavy atom. The van der Waals surface area contributed by atoms with Crippen LogP contribution in [0.4, 0.5) is 0 Å². The number of hydrogen-bond donors (Lipinski definition) is 2. The number of rotatable bonds is 9. The van der Waals surface area contributed by atoms with Crippen molar-refractivity contribution in [3.05, 3.63) is 18.0 Å². The van der Waals surface area contributed by atoms with E-state index in [0.29, 0.717) is 6.61 Å². The molecule has 192 valence electrons. The van der Waals surface area contributed by atoms with Crippen LogP contribution >= 0.6 is 0 Å². The number of aromatic hydroxyl groups is 1. The standard InChI is InChI=1S/C24H38N2O8/c1-8-24(5,6)34-18-13-31-12-16(23(29)33-15(4)21(18)32-11-14(2)3)26-22(28)19-20(27)17(30-7)9-10-25-19/h9-10,14-16,18,21,27H,8,11-13H2,1-7H3,(H,26,28)/t15-,16-,18-,21-/m0/s1. The summed E-state index contributed by atoms with van der Waals surface area (Å²) in [5, 5.41) is 12.8. The highest BCUT2D eigenvalue weighted by molar-refractivity contribution is 5.98. The smallest absolute Gasteiger partial charge is 0.331 e. The average molecular weight is 483 g/mol. The lowest BCUT2D eigenvalue weighted by Crippen LogP contribution is -2.48. The molecule has 1 aliphatic heterocycles. The van der Waals surface area contributed by atoms with Gasteiger partial charge in [-0.3, -0.25) is 4.79 Å². The number of hydrogen-bond acceptors (Lipinski definition) is 9. The van der Waals surface area contributed by atoms with Gasteiger partial charge in [0.1, 0.15) is 18.3 Å². The van der Waals surface area contributed by atoms with E-state index in [1.165, 1.54) is 19.4 Å². The minimum atomic E-state index is -1.12. The summed E-state index contributed by atoms with van der Waals surface area (Å²) in [5.74, 6) is -1.51. The van der Waals surface area contributed by atoms with Crippen LogP contribution in [-0.2, 0) is 23.7 Å². The molecule has 0 aliphatic carbocycles. The van der Waals surface area contributed by atoms with Gasteiger partial charge in [0, 0.05) is 18.9 Å². The molecule has 0 unspecified atom stereocenters. The van der Waals surface area contributed by atoms with Crippen molar-refractivity contribution in [3.63, 3.8) is 0 Å². The van der Waals surface area contributed by atoms with Crippen LogP contribution in [0.1, 0.15) is 58.5 Å². The van der Waals surface area contributed by atoms with Crippen molar-refractivity contribution >= 4 is 11.9 Å². The van der Waals surface area contributed by atoms with Crippen molar-refractivity contribution in [2.24, 2.45) is 5.92 Å². The molecule has 34 heavy (non-hydrogen) atoms. The molecule has 1 amide bonds. The first-order valence-electron chi connectivity index (χ1n) is 11.6. The third-order valence-corrected chi connectivity index (χ3v) is 5.55. The lowest BCUT2D eigenvalue weighted by molar-refractivity contribution is -0.188. The predicted molar refractivity (Wildman–Crippen MR) is 124 cm³/mol. The maximum Gasteiger partial charge on any atom is 0.331 e. The Morgan fingerprint density at radius 1 is 1.35 bits per heavy atom. The van der Waals surface area contributed by atoms with E-state index in [9.17, 15) is 14.7 Å².